The first kappa shape index (κ1) is 89.1. The molecule has 0 fully saturated rings. The third-order valence-corrected chi connectivity index (χ3v) is 18.8. The van der Waals surface area contributed by atoms with E-state index in [0.717, 1.165) is 120 Å². The number of ether oxygens (including phenoxy) is 4. The predicted octanol–water partition coefficient (Wildman–Crippen LogP) is 20.5. The van der Waals surface area contributed by atoms with Crippen LogP contribution >= 0.6 is 15.6 Å². The lowest BCUT2D eigenvalue weighted by molar-refractivity contribution is -0.161. The van der Waals surface area contributed by atoms with Gasteiger partial charge in [0.1, 0.15) is 19.3 Å². The largest absolute Gasteiger partial charge is 0.472 e. The molecule has 0 aromatic rings. The fourth-order valence-corrected chi connectivity index (χ4v) is 12.4. The molecular formula is C72H140O17P2. The lowest BCUT2D eigenvalue weighted by atomic mass is 10.00. The molecule has 0 rings (SSSR count). The van der Waals surface area contributed by atoms with E-state index in [0.29, 0.717) is 25.7 Å². The van der Waals surface area contributed by atoms with Crippen LogP contribution in [0.1, 0.15) is 357 Å². The van der Waals surface area contributed by atoms with Crippen LogP contribution in [-0.4, -0.2) is 96.7 Å². The lowest BCUT2D eigenvalue weighted by Gasteiger charge is -2.21. The van der Waals surface area contributed by atoms with E-state index in [1.54, 1.807) is 0 Å². The Morgan fingerprint density at radius 3 is 0.780 bits per heavy atom. The summed E-state index contributed by atoms with van der Waals surface area (Å²) in [7, 11) is -9.91. The molecule has 0 aromatic carbocycles. The van der Waals surface area contributed by atoms with Crippen molar-refractivity contribution in [1.82, 2.24) is 0 Å². The highest BCUT2D eigenvalue weighted by Crippen LogP contribution is 2.45. The number of carbonyl (C=O) groups excluding carboxylic acids is 4. The van der Waals surface area contributed by atoms with Crippen LogP contribution in [-0.2, 0) is 65.4 Å². The molecule has 540 valence electrons. The Morgan fingerprint density at radius 1 is 0.308 bits per heavy atom. The van der Waals surface area contributed by atoms with Gasteiger partial charge in [0, 0.05) is 25.7 Å². The Kier molecular flexibility index (Phi) is 60.3. The summed E-state index contributed by atoms with van der Waals surface area (Å²) in [4.78, 5) is 72.6. The first-order valence-electron chi connectivity index (χ1n) is 37.2. The third-order valence-electron chi connectivity index (χ3n) is 16.9. The minimum absolute atomic E-state index is 0.105. The van der Waals surface area contributed by atoms with Crippen LogP contribution in [0.25, 0.3) is 0 Å². The predicted molar refractivity (Wildman–Crippen MR) is 367 cm³/mol. The first-order chi connectivity index (χ1) is 43.6. The molecule has 0 aromatic heterocycles. The first-order valence-corrected chi connectivity index (χ1v) is 40.2. The molecular weight excluding hydrogens is 1200 g/mol. The molecule has 0 amide bonds. The van der Waals surface area contributed by atoms with Gasteiger partial charge in [-0.25, -0.2) is 9.13 Å². The van der Waals surface area contributed by atoms with E-state index >= 15 is 0 Å². The number of aliphatic hydroxyl groups is 1. The number of hydrogen-bond donors (Lipinski definition) is 3. The summed E-state index contributed by atoms with van der Waals surface area (Å²) < 4.78 is 68.4. The van der Waals surface area contributed by atoms with E-state index in [9.17, 15) is 43.2 Å². The van der Waals surface area contributed by atoms with Crippen LogP contribution in [0.3, 0.4) is 0 Å². The smallest absolute Gasteiger partial charge is 0.462 e. The highest BCUT2D eigenvalue weighted by Gasteiger charge is 2.30. The van der Waals surface area contributed by atoms with Crippen molar-refractivity contribution in [2.45, 2.75) is 375 Å². The fraction of sp³-hybridized carbons (Fsp3) is 0.944. The average molecular weight is 1340 g/mol. The quantitative estimate of drug-likeness (QED) is 0.0222. The number of esters is 4. The van der Waals surface area contributed by atoms with Crippen molar-refractivity contribution >= 4 is 39.5 Å². The van der Waals surface area contributed by atoms with Gasteiger partial charge in [-0.05, 0) is 49.4 Å². The maximum Gasteiger partial charge on any atom is 0.472 e. The van der Waals surface area contributed by atoms with Crippen molar-refractivity contribution < 1.29 is 80.2 Å². The summed E-state index contributed by atoms with van der Waals surface area (Å²) >= 11 is 0. The number of phosphoric acid groups is 2. The van der Waals surface area contributed by atoms with Gasteiger partial charge in [-0.3, -0.25) is 37.3 Å². The number of phosphoric ester groups is 2. The summed E-state index contributed by atoms with van der Waals surface area (Å²) in [6.45, 7) is 14.1. The van der Waals surface area contributed by atoms with Crippen LogP contribution in [0.5, 0.6) is 0 Å². The lowest BCUT2D eigenvalue weighted by Crippen LogP contribution is -2.30. The minimum atomic E-state index is -4.95. The second kappa shape index (κ2) is 61.6. The SMILES string of the molecule is CCC(C)CCCCCCCCC(=O)OC[C@H](COP(=O)(O)OC[C@H](O)COP(=O)(O)OC[C@@H](COC(=O)CCCCCCCCCCCCC(C)C)OC(=O)CCCCCCCCCCCCC(C)C)OC(=O)CCCCCCCCCCCCCCC(C)C. The number of hydrogen-bond acceptors (Lipinski definition) is 15. The Hall–Kier alpha value is -1.94. The van der Waals surface area contributed by atoms with Gasteiger partial charge in [0.15, 0.2) is 12.2 Å². The highest BCUT2D eigenvalue weighted by molar-refractivity contribution is 7.47. The Balaban J connectivity index is 5.26. The molecule has 19 heteroatoms. The highest BCUT2D eigenvalue weighted by atomic mass is 31.2. The zero-order chi connectivity index (χ0) is 67.5. The van der Waals surface area contributed by atoms with Crippen molar-refractivity contribution in [2.75, 3.05) is 39.6 Å². The molecule has 0 bridgehead atoms. The van der Waals surface area contributed by atoms with E-state index in [1.807, 2.05) is 0 Å². The van der Waals surface area contributed by atoms with Crippen LogP contribution in [0, 0.1) is 23.7 Å². The van der Waals surface area contributed by atoms with Crippen molar-refractivity contribution in [3.05, 3.63) is 0 Å². The van der Waals surface area contributed by atoms with Gasteiger partial charge in [-0.1, -0.05) is 306 Å². The van der Waals surface area contributed by atoms with Crippen molar-refractivity contribution in [1.29, 1.82) is 0 Å². The van der Waals surface area contributed by atoms with E-state index in [1.165, 1.54) is 154 Å². The van der Waals surface area contributed by atoms with Crippen LogP contribution in [0.4, 0.5) is 0 Å². The van der Waals surface area contributed by atoms with Crippen LogP contribution in [0.2, 0.25) is 0 Å². The molecule has 6 atom stereocenters. The molecule has 0 aliphatic carbocycles. The molecule has 0 saturated carbocycles. The van der Waals surface area contributed by atoms with Gasteiger partial charge in [-0.15, -0.1) is 0 Å². The average Bonchev–Trinajstić information content (AvgIpc) is 3.53. The van der Waals surface area contributed by atoms with Gasteiger partial charge in [0.05, 0.1) is 26.4 Å². The van der Waals surface area contributed by atoms with Crippen molar-refractivity contribution in [3.8, 4) is 0 Å². The number of carbonyl (C=O) groups is 4. The molecule has 0 spiro atoms. The Labute approximate surface area is 556 Å². The summed E-state index contributed by atoms with van der Waals surface area (Å²) in [6, 6.07) is 0. The van der Waals surface area contributed by atoms with Crippen LogP contribution < -0.4 is 0 Å². The Bertz CT molecular complexity index is 1800. The minimum Gasteiger partial charge on any atom is -0.462 e. The number of rotatable bonds is 69. The summed E-state index contributed by atoms with van der Waals surface area (Å²) in [5.41, 5.74) is 0. The molecule has 0 saturated heterocycles. The van der Waals surface area contributed by atoms with Gasteiger partial charge < -0.3 is 33.8 Å². The van der Waals surface area contributed by atoms with Crippen molar-refractivity contribution in [3.63, 3.8) is 0 Å². The molecule has 3 unspecified atom stereocenters. The van der Waals surface area contributed by atoms with Gasteiger partial charge >= 0.3 is 39.5 Å². The topological polar surface area (TPSA) is 237 Å². The number of aliphatic hydroxyl groups excluding tert-OH is 1. The monoisotopic (exact) mass is 1340 g/mol. The van der Waals surface area contributed by atoms with E-state index in [-0.39, 0.29) is 25.7 Å². The zero-order valence-electron chi connectivity index (χ0n) is 59.5. The normalized spacial score (nSPS) is 14.5. The molecule has 0 heterocycles. The molecule has 91 heavy (non-hydrogen) atoms. The molecule has 0 radical (unpaired) electrons. The molecule has 0 aliphatic rings. The second-order valence-corrected chi connectivity index (χ2v) is 30.6. The van der Waals surface area contributed by atoms with E-state index in [4.69, 9.17) is 37.0 Å². The standard InChI is InChI=1S/C72H140O17P2/c1-9-65(8)51-43-35-30-31-37-45-53-70(75)83-59-68(89-71(76)54-46-38-28-22-13-11-10-12-18-24-32-40-48-62(2)3)61-87-91(80,81)85-57-66(73)56-84-90(78,79)86-60-67(88-72(77)55-47-39-29-23-17-15-20-26-34-42-50-64(6)7)58-82-69(74)52-44-36-27-21-16-14-19-25-33-41-49-63(4)5/h62-68,73H,9-61H2,1-8H3,(H,78,79)(H,80,81)/t65?,66-,67-,68-/m1/s1. The Morgan fingerprint density at radius 2 is 0.527 bits per heavy atom. The second-order valence-electron chi connectivity index (χ2n) is 27.6. The molecule has 3 N–H and O–H groups in total. The van der Waals surface area contributed by atoms with E-state index < -0.39 is 97.5 Å². The molecule has 17 nitrogen and oxygen atoms in total. The zero-order valence-corrected chi connectivity index (χ0v) is 61.3. The molecule has 0 aliphatic heterocycles. The summed E-state index contributed by atoms with van der Waals surface area (Å²) in [5, 5.41) is 10.6. The van der Waals surface area contributed by atoms with E-state index in [2.05, 4.69) is 55.4 Å². The third kappa shape index (κ3) is 65.1. The number of unbranched alkanes of at least 4 members (excludes halogenated alkanes) is 34. The fourth-order valence-electron chi connectivity index (χ4n) is 10.8. The van der Waals surface area contributed by atoms with Gasteiger partial charge in [0.25, 0.3) is 0 Å². The summed E-state index contributed by atoms with van der Waals surface area (Å²) in [5.74, 6) is 0.891. The van der Waals surface area contributed by atoms with Crippen LogP contribution in [0.15, 0.2) is 0 Å². The van der Waals surface area contributed by atoms with Crippen molar-refractivity contribution in [2.24, 2.45) is 23.7 Å². The van der Waals surface area contributed by atoms with Gasteiger partial charge in [-0.2, -0.15) is 0 Å². The maximum absolute atomic E-state index is 13.0. The summed E-state index contributed by atoms with van der Waals surface area (Å²) in [6.07, 6.45) is 44.4. The maximum atomic E-state index is 13.0. The van der Waals surface area contributed by atoms with Gasteiger partial charge in [0.2, 0.25) is 0 Å².